The predicted molar refractivity (Wildman–Crippen MR) is 62.1 cm³/mol. The van der Waals surface area contributed by atoms with Crippen LogP contribution in [0.4, 0.5) is 8.78 Å². The minimum Gasteiger partial charge on any atom is -0.468 e. The van der Waals surface area contributed by atoms with E-state index in [-0.39, 0.29) is 12.0 Å². The molecule has 0 N–H and O–H groups in total. The van der Waals surface area contributed by atoms with E-state index in [1.807, 2.05) is 4.90 Å². The number of hydrogen-bond donors (Lipinski definition) is 0. The Morgan fingerprint density at radius 1 is 1.39 bits per heavy atom. The second-order valence-electron chi connectivity index (χ2n) is 4.39. The van der Waals surface area contributed by atoms with E-state index in [0.29, 0.717) is 18.5 Å². The summed E-state index contributed by atoms with van der Waals surface area (Å²) >= 11 is 0. The van der Waals surface area contributed by atoms with Gasteiger partial charge in [-0.25, -0.2) is 8.78 Å². The number of hydrogen-bond acceptors (Lipinski definition) is 3. The van der Waals surface area contributed by atoms with Crippen LogP contribution in [0.1, 0.15) is 12.0 Å². The molecule has 1 fully saturated rings. The van der Waals surface area contributed by atoms with E-state index in [0.717, 1.165) is 19.0 Å². The molecule has 3 nitrogen and oxygen atoms in total. The second-order valence-corrected chi connectivity index (χ2v) is 4.39. The summed E-state index contributed by atoms with van der Waals surface area (Å²) in [6.07, 6.45) is 1.30. The maximum absolute atomic E-state index is 13.0. The largest absolute Gasteiger partial charge is 0.468 e. The molecule has 1 heterocycles. The first-order valence-electron chi connectivity index (χ1n) is 5.87. The van der Waals surface area contributed by atoms with Crippen molar-refractivity contribution < 1.29 is 18.3 Å². The van der Waals surface area contributed by atoms with Crippen molar-refractivity contribution in [1.82, 2.24) is 4.90 Å². The van der Waals surface area contributed by atoms with Gasteiger partial charge in [-0.2, -0.15) is 0 Å². The van der Waals surface area contributed by atoms with Crippen LogP contribution in [0.25, 0.3) is 0 Å². The fraction of sp³-hybridized carbons (Fsp3) is 0.462. The molecule has 1 aromatic rings. The molecule has 2 rings (SSSR count). The second kappa shape index (κ2) is 5.44. The Labute approximate surface area is 104 Å². The monoisotopic (exact) mass is 255 g/mol. The number of halogens is 2. The van der Waals surface area contributed by atoms with Crippen LogP contribution in [-0.2, 0) is 16.0 Å². The molecule has 1 aromatic carbocycles. The number of rotatable bonds is 4. The van der Waals surface area contributed by atoms with E-state index in [1.165, 1.54) is 19.2 Å². The van der Waals surface area contributed by atoms with E-state index in [4.69, 9.17) is 0 Å². The third-order valence-electron chi connectivity index (χ3n) is 3.21. The normalized spacial score (nSPS) is 19.4. The number of benzene rings is 1. The Kier molecular flexibility index (Phi) is 3.91. The van der Waals surface area contributed by atoms with Crippen LogP contribution in [0.5, 0.6) is 0 Å². The van der Waals surface area contributed by atoms with Crippen molar-refractivity contribution in [2.24, 2.45) is 0 Å². The molecule has 1 aliphatic heterocycles. The Hall–Kier alpha value is -1.49. The smallest absolute Gasteiger partial charge is 0.323 e. The molecule has 1 atom stereocenters. The predicted octanol–water partition coefficient (Wildman–Crippen LogP) is 1.75. The summed E-state index contributed by atoms with van der Waals surface area (Å²) in [6.45, 7) is 1.42. The lowest BCUT2D eigenvalue weighted by Crippen LogP contribution is -2.53. The Balaban J connectivity index is 1.90. The highest BCUT2D eigenvalue weighted by Gasteiger charge is 2.34. The third-order valence-corrected chi connectivity index (χ3v) is 3.21. The van der Waals surface area contributed by atoms with Gasteiger partial charge in [0.05, 0.1) is 7.11 Å². The summed E-state index contributed by atoms with van der Waals surface area (Å²) in [4.78, 5) is 13.3. The van der Waals surface area contributed by atoms with E-state index in [1.54, 1.807) is 0 Å². The molecule has 0 aromatic heterocycles. The van der Waals surface area contributed by atoms with Crippen molar-refractivity contribution in [2.45, 2.75) is 18.9 Å². The Morgan fingerprint density at radius 3 is 2.56 bits per heavy atom. The lowest BCUT2D eigenvalue weighted by atomic mass is 10.0. The molecule has 0 saturated carbocycles. The van der Waals surface area contributed by atoms with Crippen LogP contribution in [0.15, 0.2) is 18.2 Å². The van der Waals surface area contributed by atoms with Gasteiger partial charge in [-0.05, 0) is 30.5 Å². The summed E-state index contributed by atoms with van der Waals surface area (Å²) in [5.41, 5.74) is 0.600. The maximum atomic E-state index is 13.0. The van der Waals surface area contributed by atoms with Gasteiger partial charge in [0.25, 0.3) is 0 Å². The van der Waals surface area contributed by atoms with Crippen molar-refractivity contribution >= 4 is 5.97 Å². The highest BCUT2D eigenvalue weighted by atomic mass is 19.1. The molecular formula is C13H15F2NO2. The number of carbonyl (C=O) groups is 1. The summed E-state index contributed by atoms with van der Waals surface area (Å²) in [6, 6.07) is 3.28. The fourth-order valence-electron chi connectivity index (χ4n) is 2.14. The number of ether oxygens (including phenoxy) is 1. The highest BCUT2D eigenvalue weighted by Crippen LogP contribution is 2.19. The van der Waals surface area contributed by atoms with Gasteiger partial charge in [0.15, 0.2) is 0 Å². The highest BCUT2D eigenvalue weighted by molar-refractivity contribution is 5.76. The molecule has 0 aliphatic carbocycles. The molecular weight excluding hydrogens is 240 g/mol. The zero-order valence-corrected chi connectivity index (χ0v) is 10.2. The van der Waals surface area contributed by atoms with E-state index < -0.39 is 11.6 Å². The van der Waals surface area contributed by atoms with Gasteiger partial charge in [-0.3, -0.25) is 9.69 Å². The van der Waals surface area contributed by atoms with Crippen molar-refractivity contribution in [3.63, 3.8) is 0 Å². The number of methoxy groups -OCH3 is 1. The zero-order chi connectivity index (χ0) is 13.1. The molecule has 18 heavy (non-hydrogen) atoms. The quantitative estimate of drug-likeness (QED) is 0.768. The Morgan fingerprint density at radius 2 is 2.06 bits per heavy atom. The lowest BCUT2D eigenvalue weighted by molar-refractivity contribution is -0.151. The van der Waals surface area contributed by atoms with Crippen molar-refractivity contribution in [1.29, 1.82) is 0 Å². The van der Waals surface area contributed by atoms with Crippen LogP contribution in [0, 0.1) is 11.6 Å². The molecule has 1 saturated heterocycles. The van der Waals surface area contributed by atoms with Crippen molar-refractivity contribution in [3.05, 3.63) is 35.4 Å². The third kappa shape index (κ3) is 2.85. The Bertz CT molecular complexity index is 430. The molecule has 0 amide bonds. The topological polar surface area (TPSA) is 29.5 Å². The molecule has 5 heteroatoms. The first-order chi connectivity index (χ1) is 8.60. The van der Waals surface area contributed by atoms with Crippen LogP contribution < -0.4 is 0 Å². The van der Waals surface area contributed by atoms with Crippen LogP contribution in [0.2, 0.25) is 0 Å². The average molecular weight is 255 g/mol. The van der Waals surface area contributed by atoms with Gasteiger partial charge in [-0.15, -0.1) is 0 Å². The number of likely N-dealkylation sites (tertiary alicyclic amines) is 1. The molecule has 0 radical (unpaired) electrons. The van der Waals surface area contributed by atoms with Crippen LogP contribution in [-0.4, -0.2) is 37.1 Å². The number of carbonyl (C=O) groups excluding carboxylic acids is 1. The first kappa shape index (κ1) is 13.0. The zero-order valence-electron chi connectivity index (χ0n) is 10.2. The van der Waals surface area contributed by atoms with Crippen molar-refractivity contribution in [2.75, 3.05) is 20.2 Å². The van der Waals surface area contributed by atoms with E-state index >= 15 is 0 Å². The van der Waals surface area contributed by atoms with Crippen molar-refractivity contribution in [3.8, 4) is 0 Å². The van der Waals surface area contributed by atoms with Gasteiger partial charge in [-0.1, -0.05) is 0 Å². The standard InChI is InChI=1S/C13H15F2NO2/c1-18-13(17)12-3-5-16(12)4-2-9-6-10(14)8-11(15)7-9/h6-8,12H,2-5H2,1H3. The van der Waals surface area contributed by atoms with Crippen LogP contribution in [0.3, 0.4) is 0 Å². The number of esters is 1. The molecule has 0 spiro atoms. The SMILES string of the molecule is COC(=O)C1CCN1CCc1cc(F)cc(F)c1. The van der Waals surface area contributed by atoms with Gasteiger partial charge in [0, 0.05) is 19.2 Å². The molecule has 1 aliphatic rings. The minimum absolute atomic E-state index is 0.201. The number of nitrogens with zero attached hydrogens (tertiary/aromatic N) is 1. The summed E-state index contributed by atoms with van der Waals surface area (Å²) in [7, 11) is 1.36. The van der Waals surface area contributed by atoms with Crippen LogP contribution >= 0.6 is 0 Å². The van der Waals surface area contributed by atoms with Gasteiger partial charge < -0.3 is 4.74 Å². The van der Waals surface area contributed by atoms with Gasteiger partial charge in [0.2, 0.25) is 0 Å². The summed E-state index contributed by atoms with van der Waals surface area (Å²) in [5, 5.41) is 0. The van der Waals surface area contributed by atoms with Gasteiger partial charge >= 0.3 is 5.97 Å². The van der Waals surface area contributed by atoms with E-state index in [2.05, 4.69) is 4.74 Å². The van der Waals surface area contributed by atoms with Gasteiger partial charge in [0.1, 0.15) is 17.7 Å². The average Bonchev–Trinajstić information content (AvgIpc) is 2.26. The van der Waals surface area contributed by atoms with E-state index in [9.17, 15) is 13.6 Å². The summed E-state index contributed by atoms with van der Waals surface area (Å²) < 4.78 is 30.6. The maximum Gasteiger partial charge on any atom is 0.323 e. The fourth-order valence-corrected chi connectivity index (χ4v) is 2.14. The summed E-state index contributed by atoms with van der Waals surface area (Å²) in [5.74, 6) is -1.39. The first-order valence-corrected chi connectivity index (χ1v) is 5.87. The minimum atomic E-state index is -0.571. The molecule has 98 valence electrons. The molecule has 1 unspecified atom stereocenters. The lowest BCUT2D eigenvalue weighted by Gasteiger charge is -2.38. The molecule has 0 bridgehead atoms.